The molecule has 1 saturated carbocycles. The van der Waals surface area contributed by atoms with Crippen molar-refractivity contribution in [1.29, 1.82) is 0 Å². The zero-order valence-electron chi connectivity index (χ0n) is 14.5. The van der Waals surface area contributed by atoms with Gasteiger partial charge in [-0.3, -0.25) is 4.79 Å². The van der Waals surface area contributed by atoms with Gasteiger partial charge in [0.05, 0.1) is 6.54 Å². The lowest BCUT2D eigenvalue weighted by Crippen LogP contribution is -2.29. The Hall–Kier alpha value is -1.91. The first-order valence-corrected chi connectivity index (χ1v) is 8.48. The summed E-state index contributed by atoms with van der Waals surface area (Å²) in [6.07, 6.45) is 2.04. The van der Waals surface area contributed by atoms with Gasteiger partial charge in [-0.2, -0.15) is 0 Å². The number of hydrogen-bond donors (Lipinski definition) is 2. The SMILES string of the molecule is C=C(CNC(=O)C1C(CC)C1CC)Nc1cccc(C(C)(F)F)c1. The minimum Gasteiger partial charge on any atom is -0.358 e. The Balaban J connectivity index is 1.85. The van der Waals surface area contributed by atoms with Gasteiger partial charge < -0.3 is 10.6 Å². The van der Waals surface area contributed by atoms with Gasteiger partial charge in [-0.15, -0.1) is 0 Å². The summed E-state index contributed by atoms with van der Waals surface area (Å²) in [6.45, 7) is 9.23. The summed E-state index contributed by atoms with van der Waals surface area (Å²) in [4.78, 5) is 12.2. The zero-order chi connectivity index (χ0) is 17.9. The molecule has 24 heavy (non-hydrogen) atoms. The number of benzene rings is 1. The number of nitrogens with one attached hydrogen (secondary N) is 2. The standard InChI is InChI=1S/C19H26F2N2O/c1-5-15-16(6-2)17(15)18(24)22-11-12(3)23-14-9-7-8-13(10-14)19(4,20)21/h7-10,15-17,23H,3,5-6,11H2,1-2,4H3,(H,22,24). The number of hydrogen-bond acceptors (Lipinski definition) is 2. The maximum absolute atomic E-state index is 13.4. The summed E-state index contributed by atoms with van der Waals surface area (Å²) in [7, 11) is 0. The molecular weight excluding hydrogens is 310 g/mol. The van der Waals surface area contributed by atoms with E-state index in [1.165, 1.54) is 12.1 Å². The highest BCUT2D eigenvalue weighted by atomic mass is 19.3. The van der Waals surface area contributed by atoms with E-state index in [-0.39, 0.29) is 23.9 Å². The highest BCUT2D eigenvalue weighted by molar-refractivity contribution is 5.82. The van der Waals surface area contributed by atoms with Gasteiger partial charge in [-0.05, 0) is 24.0 Å². The maximum Gasteiger partial charge on any atom is 0.270 e. The smallest absolute Gasteiger partial charge is 0.270 e. The number of alkyl halides is 2. The predicted octanol–water partition coefficient (Wildman–Crippen LogP) is 4.52. The van der Waals surface area contributed by atoms with Gasteiger partial charge in [0.2, 0.25) is 5.91 Å². The molecular formula is C19H26F2N2O. The summed E-state index contributed by atoms with van der Waals surface area (Å²) in [5.74, 6) is -1.75. The molecule has 132 valence electrons. The molecule has 0 bridgehead atoms. The average molecular weight is 336 g/mol. The highest BCUT2D eigenvalue weighted by Gasteiger charge is 2.51. The fraction of sp³-hybridized carbons (Fsp3) is 0.526. The monoisotopic (exact) mass is 336 g/mol. The lowest BCUT2D eigenvalue weighted by atomic mass is 10.1. The largest absolute Gasteiger partial charge is 0.358 e. The molecule has 1 aromatic rings. The molecule has 3 nitrogen and oxygen atoms in total. The number of rotatable bonds is 8. The normalized spacial score (nSPS) is 22.8. The van der Waals surface area contributed by atoms with E-state index in [2.05, 4.69) is 31.1 Å². The van der Waals surface area contributed by atoms with Crippen LogP contribution in [0.15, 0.2) is 36.5 Å². The molecule has 0 spiro atoms. The predicted molar refractivity (Wildman–Crippen MR) is 92.8 cm³/mol. The van der Waals surface area contributed by atoms with Crippen molar-refractivity contribution in [2.45, 2.75) is 39.5 Å². The van der Waals surface area contributed by atoms with E-state index < -0.39 is 5.92 Å². The molecule has 1 aliphatic rings. The van der Waals surface area contributed by atoms with Crippen molar-refractivity contribution in [2.75, 3.05) is 11.9 Å². The molecule has 0 saturated heterocycles. The van der Waals surface area contributed by atoms with Crippen LogP contribution in [-0.4, -0.2) is 12.5 Å². The molecule has 0 radical (unpaired) electrons. The van der Waals surface area contributed by atoms with Crippen LogP contribution in [0.1, 0.15) is 39.2 Å². The Labute approximate surface area is 142 Å². The molecule has 1 amide bonds. The summed E-state index contributed by atoms with van der Waals surface area (Å²) in [5.41, 5.74) is 1.05. The van der Waals surface area contributed by atoms with Gasteiger partial charge in [0.15, 0.2) is 0 Å². The topological polar surface area (TPSA) is 41.1 Å². The molecule has 2 N–H and O–H groups in total. The van der Waals surface area contributed by atoms with Gasteiger partial charge in [0.25, 0.3) is 5.92 Å². The minimum absolute atomic E-state index is 0.0566. The van der Waals surface area contributed by atoms with Crippen LogP contribution >= 0.6 is 0 Å². The van der Waals surface area contributed by atoms with E-state index >= 15 is 0 Å². The fourth-order valence-electron chi connectivity index (χ4n) is 3.38. The Morgan fingerprint density at radius 3 is 2.42 bits per heavy atom. The quantitative estimate of drug-likeness (QED) is 0.733. The van der Waals surface area contributed by atoms with Gasteiger partial charge in [0.1, 0.15) is 0 Å². The van der Waals surface area contributed by atoms with E-state index in [0.717, 1.165) is 19.8 Å². The van der Waals surface area contributed by atoms with Crippen molar-refractivity contribution in [3.8, 4) is 0 Å². The van der Waals surface area contributed by atoms with E-state index in [9.17, 15) is 13.6 Å². The van der Waals surface area contributed by atoms with E-state index in [1.807, 2.05) is 0 Å². The third kappa shape index (κ3) is 4.34. The maximum atomic E-state index is 13.4. The lowest BCUT2D eigenvalue weighted by molar-refractivity contribution is -0.122. The van der Waals surface area contributed by atoms with E-state index in [1.54, 1.807) is 12.1 Å². The number of carbonyl (C=O) groups excluding carboxylic acids is 1. The molecule has 2 unspecified atom stereocenters. The molecule has 5 heteroatoms. The minimum atomic E-state index is -2.89. The van der Waals surface area contributed by atoms with E-state index in [0.29, 0.717) is 23.2 Å². The molecule has 1 aliphatic carbocycles. The second-order valence-electron chi connectivity index (χ2n) is 6.59. The van der Waals surface area contributed by atoms with Crippen LogP contribution in [0.3, 0.4) is 0 Å². The molecule has 2 atom stereocenters. The van der Waals surface area contributed by atoms with Gasteiger partial charge in [-0.1, -0.05) is 45.4 Å². The molecule has 2 rings (SSSR count). The number of anilines is 1. The lowest BCUT2D eigenvalue weighted by Gasteiger charge is -2.14. The second kappa shape index (κ2) is 7.32. The van der Waals surface area contributed by atoms with Crippen LogP contribution in [0.2, 0.25) is 0 Å². The van der Waals surface area contributed by atoms with Crippen molar-refractivity contribution < 1.29 is 13.6 Å². The third-order valence-electron chi connectivity index (χ3n) is 4.74. The molecule has 0 heterocycles. The summed E-state index contributed by atoms with van der Waals surface area (Å²) >= 11 is 0. The van der Waals surface area contributed by atoms with Crippen molar-refractivity contribution in [3.63, 3.8) is 0 Å². The second-order valence-corrected chi connectivity index (χ2v) is 6.59. The third-order valence-corrected chi connectivity index (χ3v) is 4.74. The van der Waals surface area contributed by atoms with Crippen LogP contribution < -0.4 is 10.6 Å². The zero-order valence-corrected chi connectivity index (χ0v) is 14.5. The Kier molecular flexibility index (Phi) is 5.62. The first kappa shape index (κ1) is 18.4. The number of carbonyl (C=O) groups is 1. The van der Waals surface area contributed by atoms with Crippen LogP contribution in [0.25, 0.3) is 0 Å². The summed E-state index contributed by atoms with van der Waals surface area (Å²) < 4.78 is 26.7. The Morgan fingerprint density at radius 2 is 1.88 bits per heavy atom. The van der Waals surface area contributed by atoms with Crippen molar-refractivity contribution in [3.05, 3.63) is 42.1 Å². The van der Waals surface area contributed by atoms with Crippen LogP contribution in [0, 0.1) is 17.8 Å². The van der Waals surface area contributed by atoms with Crippen LogP contribution in [0.5, 0.6) is 0 Å². The van der Waals surface area contributed by atoms with E-state index in [4.69, 9.17) is 0 Å². The molecule has 0 aliphatic heterocycles. The fourth-order valence-corrected chi connectivity index (χ4v) is 3.38. The first-order chi connectivity index (χ1) is 11.3. The molecule has 1 aromatic carbocycles. The van der Waals surface area contributed by atoms with Gasteiger partial charge in [-0.25, -0.2) is 8.78 Å². The van der Waals surface area contributed by atoms with Crippen molar-refractivity contribution in [1.82, 2.24) is 5.32 Å². The van der Waals surface area contributed by atoms with Crippen molar-refractivity contribution in [2.24, 2.45) is 17.8 Å². The molecule has 1 fully saturated rings. The summed E-state index contributed by atoms with van der Waals surface area (Å²) in [6, 6.07) is 6.05. The van der Waals surface area contributed by atoms with Gasteiger partial charge in [0, 0.05) is 29.8 Å². The van der Waals surface area contributed by atoms with Crippen molar-refractivity contribution >= 4 is 11.6 Å². The Bertz CT molecular complexity index is 600. The van der Waals surface area contributed by atoms with Crippen LogP contribution in [-0.2, 0) is 10.7 Å². The van der Waals surface area contributed by atoms with Crippen LogP contribution in [0.4, 0.5) is 14.5 Å². The summed E-state index contributed by atoms with van der Waals surface area (Å²) in [5, 5.41) is 5.87. The highest BCUT2D eigenvalue weighted by Crippen LogP contribution is 2.50. The average Bonchev–Trinajstić information content (AvgIpc) is 3.25. The Morgan fingerprint density at radius 1 is 1.25 bits per heavy atom. The number of amides is 1. The van der Waals surface area contributed by atoms with Gasteiger partial charge >= 0.3 is 0 Å². The first-order valence-electron chi connectivity index (χ1n) is 8.48. The number of halogens is 2. The molecule has 0 aromatic heterocycles.